The van der Waals surface area contributed by atoms with E-state index in [-0.39, 0.29) is 23.7 Å². The predicted octanol–water partition coefficient (Wildman–Crippen LogP) is 3.84. The van der Waals surface area contributed by atoms with Crippen LogP contribution in [0, 0.1) is 0 Å². The normalized spacial score (nSPS) is 13.3. The van der Waals surface area contributed by atoms with Crippen LogP contribution in [0.5, 0.6) is 5.75 Å². The van der Waals surface area contributed by atoms with Crippen molar-refractivity contribution in [1.29, 1.82) is 0 Å². The Morgan fingerprint density at radius 1 is 1.09 bits per heavy atom. The lowest BCUT2D eigenvalue weighted by Gasteiger charge is -2.14. The SMILES string of the molecule is CN(C)C(=O)/C=C/c1ccc(COc2coc(CN3Cc4ccccc4C3)cc2=O)cc1. The quantitative estimate of drug-likeness (QED) is 0.533. The predicted molar refractivity (Wildman–Crippen MR) is 123 cm³/mol. The molecule has 2 aromatic carbocycles. The fraction of sp³-hybridized carbons (Fsp3) is 0.231. The van der Waals surface area contributed by atoms with Gasteiger partial charge in [0.05, 0.1) is 6.54 Å². The molecule has 6 nitrogen and oxygen atoms in total. The first-order valence-electron chi connectivity index (χ1n) is 10.5. The summed E-state index contributed by atoms with van der Waals surface area (Å²) in [6.07, 6.45) is 4.68. The summed E-state index contributed by atoms with van der Waals surface area (Å²) < 4.78 is 11.3. The topological polar surface area (TPSA) is 63.0 Å². The van der Waals surface area contributed by atoms with Crippen molar-refractivity contribution in [3.63, 3.8) is 0 Å². The van der Waals surface area contributed by atoms with Gasteiger partial charge in [-0.15, -0.1) is 0 Å². The van der Waals surface area contributed by atoms with E-state index in [1.807, 2.05) is 36.4 Å². The van der Waals surface area contributed by atoms with Crippen LogP contribution < -0.4 is 10.2 Å². The third kappa shape index (κ3) is 5.34. The number of carbonyl (C=O) groups is 1. The van der Waals surface area contributed by atoms with Crippen LogP contribution >= 0.6 is 0 Å². The Hall–Kier alpha value is -3.64. The minimum absolute atomic E-state index is 0.0677. The van der Waals surface area contributed by atoms with Crippen molar-refractivity contribution in [2.75, 3.05) is 14.1 Å². The fourth-order valence-corrected chi connectivity index (χ4v) is 3.57. The molecule has 32 heavy (non-hydrogen) atoms. The standard InChI is InChI=1S/C26H26N2O4/c1-27(2)26(30)12-11-19-7-9-20(10-8-19)17-32-25-18-31-23(13-24(25)29)16-28-14-21-5-3-4-6-22(21)15-28/h3-13,18H,14-17H2,1-2H3/b12-11+. The smallest absolute Gasteiger partial charge is 0.246 e. The molecule has 0 aliphatic carbocycles. The highest BCUT2D eigenvalue weighted by Crippen LogP contribution is 2.24. The van der Waals surface area contributed by atoms with Gasteiger partial charge in [-0.05, 0) is 28.3 Å². The molecule has 0 atom stereocenters. The molecule has 0 spiro atoms. The van der Waals surface area contributed by atoms with Gasteiger partial charge in [-0.1, -0.05) is 48.5 Å². The van der Waals surface area contributed by atoms with Gasteiger partial charge in [0.2, 0.25) is 17.1 Å². The maximum Gasteiger partial charge on any atom is 0.246 e. The minimum Gasteiger partial charge on any atom is -0.482 e. The second-order valence-electron chi connectivity index (χ2n) is 8.08. The van der Waals surface area contributed by atoms with E-state index in [0.717, 1.165) is 24.2 Å². The van der Waals surface area contributed by atoms with Crippen LogP contribution in [0.15, 0.2) is 76.1 Å². The summed E-state index contributed by atoms with van der Waals surface area (Å²) in [7, 11) is 3.42. The monoisotopic (exact) mass is 430 g/mol. The first-order chi connectivity index (χ1) is 15.5. The molecule has 0 fully saturated rings. The van der Waals surface area contributed by atoms with Crippen molar-refractivity contribution in [3.8, 4) is 5.75 Å². The van der Waals surface area contributed by atoms with Gasteiger partial charge in [0.1, 0.15) is 18.6 Å². The number of hydrogen-bond acceptors (Lipinski definition) is 5. The molecule has 6 heteroatoms. The van der Waals surface area contributed by atoms with Gasteiger partial charge in [0.15, 0.2) is 0 Å². The molecule has 0 saturated carbocycles. The molecule has 2 heterocycles. The first-order valence-corrected chi connectivity index (χ1v) is 10.5. The van der Waals surface area contributed by atoms with E-state index in [2.05, 4.69) is 17.0 Å². The van der Waals surface area contributed by atoms with Crippen molar-refractivity contribution in [1.82, 2.24) is 9.80 Å². The van der Waals surface area contributed by atoms with Crippen LogP contribution in [-0.4, -0.2) is 29.8 Å². The number of nitrogens with zero attached hydrogens (tertiary/aromatic N) is 2. The lowest BCUT2D eigenvalue weighted by molar-refractivity contribution is -0.123. The van der Waals surface area contributed by atoms with Gasteiger partial charge in [0, 0.05) is 39.3 Å². The summed E-state index contributed by atoms with van der Waals surface area (Å²) in [5, 5.41) is 0. The molecular formula is C26H26N2O4. The van der Waals surface area contributed by atoms with Gasteiger partial charge in [-0.2, -0.15) is 0 Å². The Kier molecular flexibility index (Phi) is 6.52. The van der Waals surface area contributed by atoms with Gasteiger partial charge < -0.3 is 14.1 Å². The summed E-state index contributed by atoms with van der Waals surface area (Å²) >= 11 is 0. The minimum atomic E-state index is -0.190. The molecule has 0 bridgehead atoms. The molecule has 0 radical (unpaired) electrons. The number of benzene rings is 2. The van der Waals surface area contributed by atoms with Crippen LogP contribution in [0.2, 0.25) is 0 Å². The number of amides is 1. The van der Waals surface area contributed by atoms with Crippen molar-refractivity contribution in [3.05, 3.63) is 105 Å². The zero-order chi connectivity index (χ0) is 22.5. The van der Waals surface area contributed by atoms with Crippen molar-refractivity contribution in [2.24, 2.45) is 0 Å². The molecule has 0 unspecified atom stereocenters. The van der Waals surface area contributed by atoms with Crippen molar-refractivity contribution < 1.29 is 13.9 Å². The zero-order valence-corrected chi connectivity index (χ0v) is 18.3. The fourth-order valence-electron chi connectivity index (χ4n) is 3.57. The van der Waals surface area contributed by atoms with E-state index in [9.17, 15) is 9.59 Å². The highest BCUT2D eigenvalue weighted by molar-refractivity contribution is 5.91. The molecule has 1 aliphatic heterocycles. The summed E-state index contributed by atoms with van der Waals surface area (Å²) in [5.41, 5.74) is 4.28. The van der Waals surface area contributed by atoms with Gasteiger partial charge >= 0.3 is 0 Å². The summed E-state index contributed by atoms with van der Waals surface area (Å²) in [5.74, 6) is 0.749. The third-order valence-electron chi connectivity index (χ3n) is 5.37. The number of ether oxygens (including phenoxy) is 1. The molecular weight excluding hydrogens is 404 g/mol. The largest absolute Gasteiger partial charge is 0.482 e. The number of rotatable bonds is 7. The van der Waals surface area contributed by atoms with Crippen LogP contribution in [-0.2, 0) is 31.0 Å². The van der Waals surface area contributed by atoms with Crippen molar-refractivity contribution >= 4 is 12.0 Å². The van der Waals surface area contributed by atoms with Gasteiger partial charge in [0.25, 0.3) is 0 Å². The van der Waals surface area contributed by atoms with Gasteiger partial charge in [-0.25, -0.2) is 0 Å². The molecule has 0 N–H and O–H groups in total. The lowest BCUT2D eigenvalue weighted by atomic mass is 10.1. The Labute approximate surface area is 187 Å². The molecule has 0 saturated heterocycles. The zero-order valence-electron chi connectivity index (χ0n) is 18.3. The number of likely N-dealkylation sites (N-methyl/N-ethyl adjacent to an activating group) is 1. The average molecular weight is 431 g/mol. The number of carbonyl (C=O) groups excluding carboxylic acids is 1. The Bertz CT molecular complexity index is 1150. The van der Waals surface area contributed by atoms with Crippen LogP contribution in [0.25, 0.3) is 6.08 Å². The summed E-state index contributed by atoms with van der Waals surface area (Å²) in [6.45, 7) is 2.54. The second-order valence-corrected chi connectivity index (χ2v) is 8.08. The maximum atomic E-state index is 12.5. The lowest BCUT2D eigenvalue weighted by Crippen LogP contribution is -2.18. The van der Waals surface area contributed by atoms with Crippen LogP contribution in [0.4, 0.5) is 0 Å². The molecule has 1 aliphatic rings. The molecule has 1 aromatic heterocycles. The Morgan fingerprint density at radius 2 is 1.78 bits per heavy atom. The van der Waals surface area contributed by atoms with E-state index in [1.165, 1.54) is 34.4 Å². The van der Waals surface area contributed by atoms with E-state index in [0.29, 0.717) is 12.3 Å². The maximum absolute atomic E-state index is 12.5. The van der Waals surface area contributed by atoms with Gasteiger partial charge in [-0.3, -0.25) is 14.5 Å². The summed E-state index contributed by atoms with van der Waals surface area (Å²) in [6, 6.07) is 17.5. The Balaban J connectivity index is 1.31. The number of hydrogen-bond donors (Lipinski definition) is 0. The summed E-state index contributed by atoms with van der Waals surface area (Å²) in [4.78, 5) is 27.8. The van der Waals surface area contributed by atoms with E-state index in [4.69, 9.17) is 9.15 Å². The first kappa shape index (κ1) is 21.6. The van der Waals surface area contributed by atoms with E-state index in [1.54, 1.807) is 20.2 Å². The third-order valence-corrected chi connectivity index (χ3v) is 5.37. The molecule has 4 rings (SSSR count). The average Bonchev–Trinajstić information content (AvgIpc) is 3.20. The molecule has 1 amide bonds. The van der Waals surface area contributed by atoms with Crippen LogP contribution in [0.3, 0.4) is 0 Å². The Morgan fingerprint density at radius 3 is 2.41 bits per heavy atom. The van der Waals surface area contributed by atoms with E-state index >= 15 is 0 Å². The number of fused-ring (bicyclic) bond motifs is 1. The molecule has 164 valence electrons. The van der Waals surface area contributed by atoms with E-state index < -0.39 is 0 Å². The van der Waals surface area contributed by atoms with Crippen LogP contribution in [0.1, 0.15) is 28.0 Å². The highest BCUT2D eigenvalue weighted by Gasteiger charge is 2.19. The van der Waals surface area contributed by atoms with Crippen molar-refractivity contribution in [2.45, 2.75) is 26.2 Å². The second kappa shape index (κ2) is 9.66. The highest BCUT2D eigenvalue weighted by atomic mass is 16.5. The molecule has 3 aromatic rings.